The summed E-state index contributed by atoms with van der Waals surface area (Å²) in [5.41, 5.74) is 5.26. The first-order valence-corrected chi connectivity index (χ1v) is 11.3. The third-order valence-electron chi connectivity index (χ3n) is 5.72. The van der Waals surface area contributed by atoms with Crippen LogP contribution < -0.4 is 0 Å². The van der Waals surface area contributed by atoms with Crippen molar-refractivity contribution in [3.8, 4) is 17.5 Å². The number of hydrogen-bond donors (Lipinski definition) is 2. The molecule has 2 heterocycles. The van der Waals surface area contributed by atoms with Crippen LogP contribution in [0.25, 0.3) is 22.3 Å². The van der Waals surface area contributed by atoms with E-state index in [-0.39, 0.29) is 30.9 Å². The van der Waals surface area contributed by atoms with Crippen molar-refractivity contribution < 1.29 is 30.3 Å². The molecular formula is C28H37IrN3O2. The molecule has 34 heavy (non-hydrogen) atoms. The van der Waals surface area contributed by atoms with E-state index in [0.29, 0.717) is 12.0 Å². The van der Waals surface area contributed by atoms with E-state index in [9.17, 15) is 10.2 Å². The molecule has 3 rings (SSSR count). The van der Waals surface area contributed by atoms with Gasteiger partial charge < -0.3 is 10.2 Å². The number of aliphatic hydroxyl groups excluding tert-OH is 2. The summed E-state index contributed by atoms with van der Waals surface area (Å²) in [4.78, 5) is 9.11. The van der Waals surface area contributed by atoms with Gasteiger partial charge in [-0.05, 0) is 60.1 Å². The first-order chi connectivity index (χ1) is 15.2. The predicted octanol–water partition coefficient (Wildman–Crippen LogP) is 5.97. The molecule has 1 radical (unpaired) electrons. The Labute approximate surface area is 217 Å². The summed E-state index contributed by atoms with van der Waals surface area (Å²) in [7, 11) is 0. The maximum Gasteiger partial charge on any atom is 0.0991 e. The molecule has 185 valence electrons. The Kier molecular flexibility index (Phi) is 10.5. The normalized spacial score (nSPS) is 13.2. The van der Waals surface area contributed by atoms with Crippen LogP contribution in [0.5, 0.6) is 0 Å². The van der Waals surface area contributed by atoms with Crippen LogP contribution in [0.1, 0.15) is 64.7 Å². The second-order valence-corrected chi connectivity index (χ2v) is 10.9. The Morgan fingerprint density at radius 1 is 0.912 bits per heavy atom. The van der Waals surface area contributed by atoms with Crippen molar-refractivity contribution in [3.05, 3.63) is 59.3 Å². The summed E-state index contributed by atoms with van der Waals surface area (Å²) in [6, 6.07) is 13.7. The van der Waals surface area contributed by atoms with E-state index in [1.807, 2.05) is 85.9 Å². The van der Waals surface area contributed by atoms with E-state index in [4.69, 9.17) is 5.26 Å². The Balaban J connectivity index is 0.000000364. The fourth-order valence-electron chi connectivity index (χ4n) is 3.23. The molecule has 0 aliphatic carbocycles. The van der Waals surface area contributed by atoms with Crippen molar-refractivity contribution in [1.29, 1.82) is 5.26 Å². The number of benzene rings is 1. The second-order valence-electron chi connectivity index (χ2n) is 10.9. The molecule has 5 nitrogen and oxygen atoms in total. The maximum atomic E-state index is 9.76. The molecule has 2 aromatic heterocycles. The molecule has 0 bridgehead atoms. The quantitative estimate of drug-likeness (QED) is 0.369. The number of pyridine rings is 2. The number of aliphatic hydroxyl groups is 2. The summed E-state index contributed by atoms with van der Waals surface area (Å²) >= 11 is 0. The Bertz CT molecular complexity index is 1120. The van der Waals surface area contributed by atoms with Gasteiger partial charge in [0, 0.05) is 38.1 Å². The van der Waals surface area contributed by atoms with Crippen LogP contribution >= 0.6 is 0 Å². The molecule has 0 amide bonds. The van der Waals surface area contributed by atoms with Gasteiger partial charge in [-0.1, -0.05) is 53.7 Å². The number of nitriles is 1. The van der Waals surface area contributed by atoms with Crippen LogP contribution in [0.3, 0.4) is 0 Å². The zero-order valence-electron chi connectivity index (χ0n) is 21.5. The van der Waals surface area contributed by atoms with E-state index in [2.05, 4.69) is 22.1 Å². The Morgan fingerprint density at radius 3 is 2.00 bits per heavy atom. The smallest absolute Gasteiger partial charge is 0.0991 e. The van der Waals surface area contributed by atoms with Gasteiger partial charge in [0.2, 0.25) is 0 Å². The average molecular weight is 640 g/mol. The van der Waals surface area contributed by atoms with Gasteiger partial charge in [-0.15, -0.1) is 0 Å². The molecule has 0 aliphatic rings. The van der Waals surface area contributed by atoms with Gasteiger partial charge in [0.15, 0.2) is 0 Å². The SMILES string of the molecule is CC(C)(C)C(O)CC(O)C(C)(C)C.Cc1cnc(-c2ccc3cc(C#N)ccc3n2)c(C)c1.[Ir]. The third kappa shape index (κ3) is 8.25. The minimum Gasteiger partial charge on any atom is -0.392 e. The standard InChI is InChI=1S/C17H13N3.C11H24O2.Ir/c1-11-7-12(2)17(19-10-11)16-6-4-14-8-13(9-18)3-5-15(14)20-16;1-10(2,3)8(12)7-9(13)11(4,5)6;/h3-8,10H,1-2H3;8-9,12-13H,7H2,1-6H3;. The van der Waals surface area contributed by atoms with Crippen LogP contribution in [-0.2, 0) is 20.1 Å². The van der Waals surface area contributed by atoms with E-state index < -0.39 is 12.2 Å². The zero-order valence-corrected chi connectivity index (χ0v) is 23.9. The average Bonchev–Trinajstić information content (AvgIpc) is 2.72. The number of fused-ring (bicyclic) bond motifs is 1. The number of aryl methyl sites for hydroxylation is 2. The van der Waals surface area contributed by atoms with Crippen molar-refractivity contribution in [1.82, 2.24) is 9.97 Å². The summed E-state index contributed by atoms with van der Waals surface area (Å²) < 4.78 is 0. The van der Waals surface area contributed by atoms with E-state index >= 15 is 0 Å². The molecule has 3 aromatic rings. The van der Waals surface area contributed by atoms with Crippen LogP contribution in [0.4, 0.5) is 0 Å². The number of nitrogens with zero attached hydrogens (tertiary/aromatic N) is 3. The van der Waals surface area contributed by atoms with Gasteiger partial charge in [-0.2, -0.15) is 5.26 Å². The molecular weight excluding hydrogens is 603 g/mol. The van der Waals surface area contributed by atoms with E-state index in [0.717, 1.165) is 33.4 Å². The summed E-state index contributed by atoms with van der Waals surface area (Å²) in [6.07, 6.45) is 1.42. The number of rotatable bonds is 3. The van der Waals surface area contributed by atoms with Crippen LogP contribution in [0.15, 0.2) is 42.6 Å². The first-order valence-electron chi connectivity index (χ1n) is 11.3. The summed E-state index contributed by atoms with van der Waals surface area (Å²) in [6.45, 7) is 15.9. The van der Waals surface area contributed by atoms with Crippen molar-refractivity contribution in [2.45, 2.75) is 74.0 Å². The van der Waals surface area contributed by atoms with Crippen molar-refractivity contribution >= 4 is 10.9 Å². The van der Waals surface area contributed by atoms with Gasteiger partial charge in [-0.25, -0.2) is 4.98 Å². The van der Waals surface area contributed by atoms with Crippen LogP contribution in [0, 0.1) is 36.0 Å². The van der Waals surface area contributed by atoms with Gasteiger partial charge in [0.25, 0.3) is 0 Å². The molecule has 2 unspecified atom stereocenters. The van der Waals surface area contributed by atoms with Gasteiger partial charge >= 0.3 is 0 Å². The van der Waals surface area contributed by atoms with Crippen LogP contribution in [0.2, 0.25) is 0 Å². The monoisotopic (exact) mass is 640 g/mol. The largest absolute Gasteiger partial charge is 0.392 e. The Hall–Kier alpha value is -2.16. The van der Waals surface area contributed by atoms with Crippen molar-refractivity contribution in [3.63, 3.8) is 0 Å². The molecule has 0 saturated heterocycles. The first kappa shape index (κ1) is 29.9. The van der Waals surface area contributed by atoms with E-state index in [1.165, 1.54) is 0 Å². The predicted molar refractivity (Wildman–Crippen MR) is 135 cm³/mol. The minimum atomic E-state index is -0.443. The third-order valence-corrected chi connectivity index (χ3v) is 5.72. The van der Waals surface area contributed by atoms with Gasteiger partial charge in [-0.3, -0.25) is 4.98 Å². The summed E-state index contributed by atoms with van der Waals surface area (Å²) in [5.74, 6) is 0. The molecule has 0 fully saturated rings. The summed E-state index contributed by atoms with van der Waals surface area (Å²) in [5, 5.41) is 29.4. The molecule has 2 atom stereocenters. The number of hydrogen-bond acceptors (Lipinski definition) is 5. The maximum absolute atomic E-state index is 9.76. The van der Waals surface area contributed by atoms with Crippen molar-refractivity contribution in [2.75, 3.05) is 0 Å². The van der Waals surface area contributed by atoms with Gasteiger partial charge in [0.1, 0.15) is 0 Å². The molecule has 0 spiro atoms. The topological polar surface area (TPSA) is 90.0 Å². The molecule has 0 saturated carbocycles. The minimum absolute atomic E-state index is 0. The molecule has 0 aliphatic heterocycles. The van der Waals surface area contributed by atoms with Gasteiger partial charge in [0.05, 0.1) is 40.7 Å². The number of aromatic nitrogens is 2. The molecule has 6 heteroatoms. The molecule has 2 N–H and O–H groups in total. The molecule has 1 aromatic carbocycles. The van der Waals surface area contributed by atoms with E-state index in [1.54, 1.807) is 6.07 Å². The fraction of sp³-hybridized carbons (Fsp3) is 0.464. The zero-order chi connectivity index (χ0) is 25.0. The van der Waals surface area contributed by atoms with Crippen LogP contribution in [-0.4, -0.2) is 32.4 Å². The second kappa shape index (κ2) is 12.0. The van der Waals surface area contributed by atoms with Crippen molar-refractivity contribution in [2.24, 2.45) is 10.8 Å². The Morgan fingerprint density at radius 2 is 1.50 bits per heavy atom. The fourth-order valence-corrected chi connectivity index (χ4v) is 3.23.